The minimum Gasteiger partial charge on any atom is -0.329 e. The van der Waals surface area contributed by atoms with Gasteiger partial charge in [0.25, 0.3) is 0 Å². The predicted molar refractivity (Wildman–Crippen MR) is 73.9 cm³/mol. The number of carbonyl (C=O) groups is 1. The van der Waals surface area contributed by atoms with Gasteiger partial charge in [-0.2, -0.15) is 0 Å². The molecule has 3 heterocycles. The maximum atomic E-state index is 10.9. The van der Waals surface area contributed by atoms with E-state index in [9.17, 15) is 9.00 Å². The Balaban J connectivity index is 0.000000111. The van der Waals surface area contributed by atoms with Gasteiger partial charge < -0.3 is 5.32 Å². The zero-order chi connectivity index (χ0) is 12.5. The van der Waals surface area contributed by atoms with Crippen LogP contribution < -0.4 is 5.32 Å². The van der Waals surface area contributed by atoms with Crippen molar-refractivity contribution in [2.24, 2.45) is 10.9 Å². The van der Waals surface area contributed by atoms with Crippen LogP contribution in [-0.2, 0) is 14.6 Å². The Morgan fingerprint density at radius 2 is 2.33 bits per heavy atom. The molecule has 1 aliphatic carbocycles. The van der Waals surface area contributed by atoms with Crippen LogP contribution >= 0.6 is 10.8 Å². The highest BCUT2D eigenvalue weighted by Crippen LogP contribution is 2.35. The van der Waals surface area contributed by atoms with Crippen LogP contribution in [0.4, 0.5) is 0 Å². The lowest BCUT2D eigenvalue weighted by Gasteiger charge is -1.94. The van der Waals surface area contributed by atoms with Crippen LogP contribution in [0.1, 0.15) is 6.42 Å². The molecule has 3 aliphatic heterocycles. The zero-order valence-corrected chi connectivity index (χ0v) is 11.0. The lowest BCUT2D eigenvalue weighted by atomic mass is 10.1. The van der Waals surface area contributed by atoms with Crippen LogP contribution in [0.3, 0.4) is 0 Å². The van der Waals surface area contributed by atoms with Crippen molar-refractivity contribution in [3.05, 3.63) is 46.0 Å². The highest BCUT2D eigenvalue weighted by atomic mass is 33.1. The van der Waals surface area contributed by atoms with E-state index in [0.29, 0.717) is 12.3 Å². The quantitative estimate of drug-likeness (QED) is 0.687. The van der Waals surface area contributed by atoms with Crippen LogP contribution in [-0.4, -0.2) is 16.3 Å². The highest BCUT2D eigenvalue weighted by molar-refractivity contribution is 8.72. The van der Waals surface area contributed by atoms with Gasteiger partial charge in [0, 0.05) is 29.7 Å². The third kappa shape index (κ3) is 2.13. The van der Waals surface area contributed by atoms with E-state index in [1.54, 1.807) is 12.3 Å². The van der Waals surface area contributed by atoms with Gasteiger partial charge in [0.05, 0.1) is 10.6 Å². The molecule has 0 aromatic carbocycles. The summed E-state index contributed by atoms with van der Waals surface area (Å²) in [7, 11) is 0.449. The Morgan fingerprint density at radius 3 is 3.11 bits per heavy atom. The molecule has 0 aromatic rings. The third-order valence-corrected chi connectivity index (χ3v) is 5.38. The van der Waals surface area contributed by atoms with Crippen molar-refractivity contribution in [2.45, 2.75) is 6.42 Å². The Hall–Kier alpha value is -1.40. The first-order chi connectivity index (χ1) is 8.74. The van der Waals surface area contributed by atoms with Crippen LogP contribution in [0, 0.1) is 5.92 Å². The Kier molecular flexibility index (Phi) is 3.05. The second-order valence-electron chi connectivity index (χ2n) is 4.01. The lowest BCUT2D eigenvalue weighted by molar-refractivity contribution is -0.119. The summed E-state index contributed by atoms with van der Waals surface area (Å²) in [5, 5.41) is 4.60. The number of nitrogens with one attached hydrogen (secondary N) is 1. The summed E-state index contributed by atoms with van der Waals surface area (Å²) >= 11 is 0. The van der Waals surface area contributed by atoms with Crippen molar-refractivity contribution >= 4 is 32.7 Å². The van der Waals surface area contributed by atoms with E-state index in [2.05, 4.69) is 10.3 Å². The first-order valence-electron chi connectivity index (χ1n) is 5.46. The topological polar surface area (TPSA) is 58.5 Å². The second-order valence-corrected chi connectivity index (χ2v) is 6.83. The van der Waals surface area contributed by atoms with Gasteiger partial charge in [-0.1, -0.05) is 12.2 Å². The third-order valence-electron chi connectivity index (χ3n) is 2.83. The van der Waals surface area contributed by atoms with Crippen molar-refractivity contribution in [3.8, 4) is 0 Å². The molecule has 18 heavy (non-hydrogen) atoms. The van der Waals surface area contributed by atoms with Gasteiger partial charge in [0.1, 0.15) is 9.83 Å². The number of carbonyl (C=O) groups excluding carboxylic acids is 1. The van der Waals surface area contributed by atoms with Gasteiger partial charge >= 0.3 is 0 Å². The number of amides is 1. The van der Waals surface area contributed by atoms with Crippen molar-refractivity contribution in [1.29, 1.82) is 0 Å². The molecular formula is C12H10N2O2S2. The molecule has 0 aromatic heterocycles. The van der Waals surface area contributed by atoms with Gasteiger partial charge in [0.15, 0.2) is 0 Å². The summed E-state index contributed by atoms with van der Waals surface area (Å²) in [6.07, 6.45) is 10.1. The number of nitrogens with zero attached hydrogens (tertiary/aromatic N) is 1. The SMILES string of the molecule is O=C1CC2C=CC=C2N1.O=S1SC=C2N=CC=C21. The molecule has 1 amide bonds. The maximum absolute atomic E-state index is 10.9. The van der Waals surface area contributed by atoms with Crippen molar-refractivity contribution in [1.82, 2.24) is 5.32 Å². The first-order valence-corrected chi connectivity index (χ1v) is 8.01. The fourth-order valence-corrected chi connectivity index (χ4v) is 4.22. The van der Waals surface area contributed by atoms with Crippen LogP contribution in [0.25, 0.3) is 0 Å². The van der Waals surface area contributed by atoms with E-state index in [1.807, 2.05) is 23.6 Å². The summed E-state index contributed by atoms with van der Waals surface area (Å²) in [4.78, 5) is 15.5. The normalized spacial score (nSPS) is 30.0. The molecule has 4 nitrogen and oxygen atoms in total. The number of allylic oxidation sites excluding steroid dienone is 4. The molecule has 6 heteroatoms. The summed E-state index contributed by atoms with van der Waals surface area (Å²) in [6.45, 7) is 0. The molecule has 1 fully saturated rings. The van der Waals surface area contributed by atoms with Gasteiger partial charge in [0.2, 0.25) is 5.91 Å². The monoisotopic (exact) mass is 278 g/mol. The smallest absolute Gasteiger partial charge is 0.225 e. The van der Waals surface area contributed by atoms with Crippen molar-refractivity contribution in [3.63, 3.8) is 0 Å². The average molecular weight is 278 g/mol. The van der Waals surface area contributed by atoms with Gasteiger partial charge in [-0.3, -0.25) is 9.79 Å². The maximum Gasteiger partial charge on any atom is 0.225 e. The number of fused-ring (bicyclic) bond motifs is 2. The fourth-order valence-electron chi connectivity index (χ4n) is 1.95. The minimum atomic E-state index is -0.868. The van der Waals surface area contributed by atoms with E-state index in [4.69, 9.17) is 0 Å². The van der Waals surface area contributed by atoms with Gasteiger partial charge in [-0.25, -0.2) is 4.21 Å². The van der Waals surface area contributed by atoms with E-state index in [1.165, 1.54) is 10.8 Å². The molecule has 0 bridgehead atoms. The van der Waals surface area contributed by atoms with E-state index < -0.39 is 9.83 Å². The molecule has 4 aliphatic rings. The first kappa shape index (κ1) is 11.7. The molecule has 2 atom stereocenters. The molecule has 0 spiro atoms. The van der Waals surface area contributed by atoms with Crippen LogP contribution in [0.2, 0.25) is 0 Å². The Morgan fingerprint density at radius 1 is 1.44 bits per heavy atom. The number of rotatable bonds is 0. The van der Waals surface area contributed by atoms with Crippen molar-refractivity contribution in [2.75, 3.05) is 0 Å². The largest absolute Gasteiger partial charge is 0.329 e. The summed E-state index contributed by atoms with van der Waals surface area (Å²) in [5.74, 6) is 0.521. The van der Waals surface area contributed by atoms with Gasteiger partial charge in [-0.15, -0.1) is 0 Å². The molecule has 0 saturated carbocycles. The summed E-state index contributed by atoms with van der Waals surface area (Å²) < 4.78 is 10.9. The highest BCUT2D eigenvalue weighted by Gasteiger charge is 2.26. The summed E-state index contributed by atoms with van der Waals surface area (Å²) in [6, 6.07) is 0. The molecule has 92 valence electrons. The number of hydrogen-bond donors (Lipinski definition) is 1. The standard InChI is InChI=1S/C7H7NO.C5H3NOS2/c9-7-4-5-2-1-3-6(5)8-7;7-9-5-1-2-6-4(5)3-8-9/h1-3,5H,4H2,(H,8,9);1-3H. The average Bonchev–Trinajstić information content (AvgIpc) is 3.02. The molecular weight excluding hydrogens is 268 g/mol. The minimum absolute atomic E-state index is 0.149. The lowest BCUT2D eigenvalue weighted by Crippen LogP contribution is -2.11. The van der Waals surface area contributed by atoms with E-state index >= 15 is 0 Å². The van der Waals surface area contributed by atoms with Crippen LogP contribution in [0.15, 0.2) is 51.0 Å². The fraction of sp³-hybridized carbons (Fsp3) is 0.167. The molecule has 1 N–H and O–H groups in total. The molecule has 0 radical (unpaired) electrons. The van der Waals surface area contributed by atoms with E-state index in [-0.39, 0.29) is 5.91 Å². The van der Waals surface area contributed by atoms with Crippen LogP contribution in [0.5, 0.6) is 0 Å². The second kappa shape index (κ2) is 4.70. The predicted octanol–water partition coefficient (Wildman–Crippen LogP) is 1.78. The molecule has 2 unspecified atom stereocenters. The zero-order valence-electron chi connectivity index (χ0n) is 9.33. The molecule has 4 rings (SSSR count). The Bertz CT molecular complexity index is 585. The van der Waals surface area contributed by atoms with E-state index in [0.717, 1.165) is 16.3 Å². The number of aliphatic imine (C=N–C) groups is 1. The van der Waals surface area contributed by atoms with Crippen molar-refractivity contribution < 1.29 is 9.00 Å². The number of hydrogen-bond acceptors (Lipinski definition) is 4. The van der Waals surface area contributed by atoms with Gasteiger partial charge in [-0.05, 0) is 22.9 Å². The summed E-state index contributed by atoms with van der Waals surface area (Å²) in [5.41, 5.74) is 1.94. The molecule has 1 saturated heterocycles. The Labute approximate surface area is 110 Å².